The molecule has 0 saturated carbocycles. The average Bonchev–Trinajstić information content (AvgIpc) is 3.33. The zero-order valence-corrected chi connectivity index (χ0v) is 16.3. The zero-order valence-electron chi connectivity index (χ0n) is 16.3. The highest BCUT2D eigenvalue weighted by Gasteiger charge is 2.23. The third-order valence-electron chi connectivity index (χ3n) is 5.53. The van der Waals surface area contributed by atoms with E-state index in [0.29, 0.717) is 30.3 Å². The first-order chi connectivity index (χ1) is 14.2. The Kier molecular flexibility index (Phi) is 4.48. The number of carbonyl (C=O) groups is 1. The first kappa shape index (κ1) is 17.8. The fourth-order valence-corrected chi connectivity index (χ4v) is 3.82. The van der Waals surface area contributed by atoms with Crippen molar-refractivity contribution in [2.24, 2.45) is 7.05 Å². The van der Waals surface area contributed by atoms with Crippen molar-refractivity contribution < 1.29 is 14.3 Å². The third kappa shape index (κ3) is 3.47. The van der Waals surface area contributed by atoms with Gasteiger partial charge in [0.25, 0.3) is 0 Å². The number of benzene rings is 2. The monoisotopic (exact) mass is 393 g/mol. The molecule has 0 radical (unpaired) electrons. The van der Waals surface area contributed by atoms with E-state index in [2.05, 4.69) is 27.9 Å². The van der Waals surface area contributed by atoms with E-state index in [1.165, 1.54) is 0 Å². The number of aryl methyl sites for hydroxylation is 1. The number of anilines is 1. The number of carbonyl (C=O) groups excluding carboxylic acids is 1. The van der Waals surface area contributed by atoms with Gasteiger partial charge in [0.2, 0.25) is 6.79 Å². The molecule has 8 heteroatoms. The molecular formula is C21H23N5O3. The van der Waals surface area contributed by atoms with Gasteiger partial charge in [-0.2, -0.15) is 0 Å². The molecular weight excluding hydrogens is 370 g/mol. The number of fused-ring (bicyclic) bond motifs is 2. The van der Waals surface area contributed by atoms with Crippen LogP contribution < -0.4 is 14.8 Å². The predicted molar refractivity (Wildman–Crippen MR) is 109 cm³/mol. The molecule has 0 spiro atoms. The molecule has 2 aliphatic rings. The summed E-state index contributed by atoms with van der Waals surface area (Å²) in [6, 6.07) is 13.5. The highest BCUT2D eigenvalue weighted by Crippen LogP contribution is 2.34. The number of amides is 2. The lowest BCUT2D eigenvalue weighted by molar-refractivity contribution is 0.140. The smallest absolute Gasteiger partial charge is 0.321 e. The lowest BCUT2D eigenvalue weighted by Crippen LogP contribution is -2.49. The summed E-state index contributed by atoms with van der Waals surface area (Å²) in [7, 11) is 2.06. The van der Waals surface area contributed by atoms with Crippen LogP contribution in [-0.4, -0.2) is 58.4 Å². The molecule has 1 saturated heterocycles. The van der Waals surface area contributed by atoms with Gasteiger partial charge in [-0.05, 0) is 24.3 Å². The van der Waals surface area contributed by atoms with Crippen molar-refractivity contribution in [1.82, 2.24) is 19.4 Å². The Balaban J connectivity index is 1.18. The first-order valence-electron chi connectivity index (χ1n) is 9.76. The van der Waals surface area contributed by atoms with Gasteiger partial charge < -0.3 is 24.3 Å². The topological polar surface area (TPSA) is 71.9 Å². The van der Waals surface area contributed by atoms with Gasteiger partial charge in [0, 0.05) is 45.0 Å². The van der Waals surface area contributed by atoms with Gasteiger partial charge in [-0.1, -0.05) is 12.1 Å². The van der Waals surface area contributed by atoms with Crippen molar-refractivity contribution in [2.75, 3.05) is 38.3 Å². The van der Waals surface area contributed by atoms with Crippen LogP contribution in [0.4, 0.5) is 10.5 Å². The molecule has 0 unspecified atom stereocenters. The second-order valence-corrected chi connectivity index (χ2v) is 7.34. The van der Waals surface area contributed by atoms with E-state index in [0.717, 1.165) is 36.5 Å². The van der Waals surface area contributed by atoms with E-state index >= 15 is 0 Å². The Hall–Kier alpha value is -3.26. The first-order valence-corrected chi connectivity index (χ1v) is 9.76. The highest BCUT2D eigenvalue weighted by atomic mass is 16.7. The van der Waals surface area contributed by atoms with Crippen LogP contribution in [0, 0.1) is 0 Å². The van der Waals surface area contributed by atoms with Gasteiger partial charge in [-0.25, -0.2) is 9.78 Å². The molecule has 2 aromatic carbocycles. The summed E-state index contributed by atoms with van der Waals surface area (Å²) >= 11 is 0. The number of nitrogens with one attached hydrogen (secondary N) is 1. The predicted octanol–water partition coefficient (Wildman–Crippen LogP) is 2.65. The number of imidazole rings is 1. The number of urea groups is 1. The molecule has 0 bridgehead atoms. The third-order valence-corrected chi connectivity index (χ3v) is 5.53. The number of piperazine rings is 1. The Morgan fingerprint density at radius 2 is 1.86 bits per heavy atom. The number of nitrogens with zero attached hydrogens (tertiary/aromatic N) is 4. The number of rotatable bonds is 3. The van der Waals surface area contributed by atoms with E-state index in [1.54, 1.807) is 6.07 Å². The summed E-state index contributed by atoms with van der Waals surface area (Å²) in [5.41, 5.74) is 2.87. The summed E-state index contributed by atoms with van der Waals surface area (Å²) in [4.78, 5) is 21.5. The summed E-state index contributed by atoms with van der Waals surface area (Å²) in [5, 5.41) is 2.95. The molecule has 1 N–H and O–H groups in total. The summed E-state index contributed by atoms with van der Waals surface area (Å²) < 4.78 is 12.8. The standard InChI is InChI=1S/C21H23N5O3/c1-24-17-5-3-2-4-16(17)23-20(24)13-25-8-10-26(11-9-25)21(27)22-15-6-7-18-19(12-15)29-14-28-18/h2-7,12H,8-11,13-14H2,1H3,(H,22,27). The largest absolute Gasteiger partial charge is 0.454 e. The van der Waals surface area contributed by atoms with Crippen molar-refractivity contribution in [2.45, 2.75) is 6.54 Å². The Labute approximate surface area is 168 Å². The number of hydrogen-bond acceptors (Lipinski definition) is 5. The number of para-hydroxylation sites is 2. The van der Waals surface area contributed by atoms with Gasteiger partial charge in [-0.15, -0.1) is 0 Å². The van der Waals surface area contributed by atoms with Crippen molar-refractivity contribution in [3.8, 4) is 11.5 Å². The molecule has 0 aliphatic carbocycles. The second-order valence-electron chi connectivity index (χ2n) is 7.34. The summed E-state index contributed by atoms with van der Waals surface area (Å²) in [6.07, 6.45) is 0. The molecule has 29 heavy (non-hydrogen) atoms. The molecule has 150 valence electrons. The van der Waals surface area contributed by atoms with Crippen LogP contribution in [0.25, 0.3) is 11.0 Å². The molecule has 1 aromatic heterocycles. The van der Waals surface area contributed by atoms with Gasteiger partial charge in [0.05, 0.1) is 17.6 Å². The maximum atomic E-state index is 12.6. The van der Waals surface area contributed by atoms with Crippen molar-refractivity contribution in [1.29, 1.82) is 0 Å². The molecule has 5 rings (SSSR count). The minimum Gasteiger partial charge on any atom is -0.454 e. The zero-order chi connectivity index (χ0) is 19.8. The number of hydrogen-bond donors (Lipinski definition) is 1. The second kappa shape index (κ2) is 7.29. The van der Waals surface area contributed by atoms with E-state index < -0.39 is 0 Å². The van der Waals surface area contributed by atoms with Crippen LogP contribution in [0.5, 0.6) is 11.5 Å². The molecule has 1 fully saturated rings. The maximum Gasteiger partial charge on any atom is 0.321 e. The van der Waals surface area contributed by atoms with Gasteiger partial charge >= 0.3 is 6.03 Å². The minimum atomic E-state index is -0.0914. The molecule has 3 aromatic rings. The van der Waals surface area contributed by atoms with Crippen LogP contribution in [0.1, 0.15) is 5.82 Å². The molecule has 8 nitrogen and oxygen atoms in total. The van der Waals surface area contributed by atoms with Crippen LogP contribution >= 0.6 is 0 Å². The van der Waals surface area contributed by atoms with Crippen molar-refractivity contribution >= 4 is 22.8 Å². The Morgan fingerprint density at radius 1 is 1.07 bits per heavy atom. The van der Waals surface area contributed by atoms with Crippen LogP contribution in [0.2, 0.25) is 0 Å². The van der Waals surface area contributed by atoms with Crippen LogP contribution in [-0.2, 0) is 13.6 Å². The number of aromatic nitrogens is 2. The quantitative estimate of drug-likeness (QED) is 0.741. The minimum absolute atomic E-state index is 0.0914. The van der Waals surface area contributed by atoms with Crippen molar-refractivity contribution in [3.05, 3.63) is 48.3 Å². The van der Waals surface area contributed by atoms with E-state index in [-0.39, 0.29) is 12.8 Å². The SMILES string of the molecule is Cn1c(CN2CCN(C(=O)Nc3ccc4c(c3)OCO4)CC2)nc2ccccc21. The normalized spacial score (nSPS) is 16.4. The summed E-state index contributed by atoms with van der Waals surface area (Å²) in [5.74, 6) is 2.41. The van der Waals surface area contributed by atoms with E-state index in [1.807, 2.05) is 35.2 Å². The molecule has 0 atom stereocenters. The fourth-order valence-electron chi connectivity index (χ4n) is 3.82. The van der Waals surface area contributed by atoms with E-state index in [4.69, 9.17) is 14.5 Å². The molecule has 2 aliphatic heterocycles. The summed E-state index contributed by atoms with van der Waals surface area (Å²) in [6.45, 7) is 4.00. The Morgan fingerprint density at radius 3 is 2.69 bits per heavy atom. The highest BCUT2D eigenvalue weighted by molar-refractivity contribution is 5.89. The lowest BCUT2D eigenvalue weighted by Gasteiger charge is -2.34. The molecule has 2 amide bonds. The van der Waals surface area contributed by atoms with Crippen LogP contribution in [0.15, 0.2) is 42.5 Å². The molecule has 3 heterocycles. The average molecular weight is 393 g/mol. The maximum absolute atomic E-state index is 12.6. The van der Waals surface area contributed by atoms with E-state index in [9.17, 15) is 4.79 Å². The fraction of sp³-hybridized carbons (Fsp3) is 0.333. The van der Waals surface area contributed by atoms with Gasteiger partial charge in [0.15, 0.2) is 11.5 Å². The van der Waals surface area contributed by atoms with Crippen LogP contribution in [0.3, 0.4) is 0 Å². The van der Waals surface area contributed by atoms with Crippen molar-refractivity contribution in [3.63, 3.8) is 0 Å². The lowest BCUT2D eigenvalue weighted by atomic mass is 10.2. The van der Waals surface area contributed by atoms with Gasteiger partial charge in [-0.3, -0.25) is 4.90 Å². The Bertz CT molecular complexity index is 1060. The number of ether oxygens (including phenoxy) is 2. The van der Waals surface area contributed by atoms with Gasteiger partial charge in [0.1, 0.15) is 5.82 Å².